The standard InChI is InChI=1S/C16H14NO3.K/c1-3-13(9-8-12(11-17)10-16(18)19)14-6-4-5-7-15(14)20-2;/h1,3-7,9,11H,10H2,2H3,(H,18,19);/q-3;+1/b13-9+;. The van der Waals surface area contributed by atoms with Crippen LogP contribution in [0.2, 0.25) is 0 Å². The third kappa shape index (κ3) is 6.54. The molecule has 0 heterocycles. The summed E-state index contributed by atoms with van der Waals surface area (Å²) in [7, 11) is 1.55. The Balaban J connectivity index is 0.00000400. The van der Waals surface area contributed by atoms with Gasteiger partial charge in [0.25, 0.3) is 0 Å². The van der Waals surface area contributed by atoms with Crippen molar-refractivity contribution < 1.29 is 66.0 Å². The first-order valence-corrected chi connectivity index (χ1v) is 5.82. The number of para-hydroxylation sites is 1. The Morgan fingerprint density at radius 1 is 1.48 bits per heavy atom. The summed E-state index contributed by atoms with van der Waals surface area (Å²) in [6, 6.07) is 7.25. The van der Waals surface area contributed by atoms with Gasteiger partial charge in [0.1, 0.15) is 5.75 Å². The second-order valence-electron chi connectivity index (χ2n) is 3.84. The summed E-state index contributed by atoms with van der Waals surface area (Å²) >= 11 is 0. The molecular formula is C16H14KNO3-2. The first-order valence-electron chi connectivity index (χ1n) is 5.82. The molecule has 0 aromatic heterocycles. The molecule has 0 fully saturated rings. The maximum atomic E-state index is 10.6. The molecule has 1 aromatic carbocycles. The number of nitrogens with zero attached hydrogens (tertiary/aromatic N) is 1. The first kappa shape index (κ1) is 20.0. The zero-order valence-corrected chi connectivity index (χ0v) is 15.2. The fourth-order valence-electron chi connectivity index (χ4n) is 1.57. The van der Waals surface area contributed by atoms with E-state index in [-0.39, 0.29) is 63.4 Å². The van der Waals surface area contributed by atoms with Gasteiger partial charge in [-0.1, -0.05) is 18.2 Å². The Morgan fingerprint density at radius 2 is 2.14 bits per heavy atom. The van der Waals surface area contributed by atoms with E-state index in [0.29, 0.717) is 17.5 Å². The number of ether oxygens (including phenoxy) is 1. The van der Waals surface area contributed by atoms with Crippen LogP contribution in [-0.4, -0.2) is 24.4 Å². The van der Waals surface area contributed by atoms with Crippen molar-refractivity contribution in [2.45, 2.75) is 6.42 Å². The number of carbonyl (C=O) groups is 1. The van der Waals surface area contributed by atoms with Crippen LogP contribution in [0.4, 0.5) is 0 Å². The SMILES string of the molecule is [CH-]=C/C(=C\[C-]=C(C=[N-])CC(=O)O)c1ccccc1OC.[K+]. The molecule has 0 aliphatic rings. The molecule has 0 aliphatic heterocycles. The van der Waals surface area contributed by atoms with Crippen LogP contribution in [0.25, 0.3) is 11.0 Å². The second-order valence-corrected chi connectivity index (χ2v) is 3.84. The van der Waals surface area contributed by atoms with Gasteiger partial charge in [0.15, 0.2) is 0 Å². The number of aliphatic carboxylic acids is 1. The third-order valence-electron chi connectivity index (χ3n) is 2.51. The number of rotatable bonds is 7. The van der Waals surface area contributed by atoms with Crippen LogP contribution in [0.3, 0.4) is 0 Å². The van der Waals surface area contributed by atoms with Gasteiger partial charge in [-0.2, -0.15) is 17.7 Å². The minimum atomic E-state index is -1.05. The molecule has 0 saturated heterocycles. The maximum Gasteiger partial charge on any atom is 1.00 e. The van der Waals surface area contributed by atoms with Crippen molar-refractivity contribution in [1.82, 2.24) is 0 Å². The van der Waals surface area contributed by atoms with E-state index in [1.54, 1.807) is 13.2 Å². The number of methoxy groups -OCH3 is 1. The van der Waals surface area contributed by atoms with Crippen molar-refractivity contribution >= 4 is 17.8 Å². The summed E-state index contributed by atoms with van der Waals surface area (Å²) in [6.45, 7) is 5.57. The molecule has 0 radical (unpaired) electrons. The van der Waals surface area contributed by atoms with Crippen molar-refractivity contribution in [3.63, 3.8) is 0 Å². The Bertz CT molecular complexity index is 577. The van der Waals surface area contributed by atoms with Crippen LogP contribution < -0.4 is 56.1 Å². The summed E-state index contributed by atoms with van der Waals surface area (Å²) in [4.78, 5) is 10.6. The summed E-state index contributed by atoms with van der Waals surface area (Å²) in [5.41, 5.74) is 1.50. The normalized spacial score (nSPS) is 11.3. The van der Waals surface area contributed by atoms with Crippen LogP contribution in [-0.2, 0) is 4.79 Å². The maximum absolute atomic E-state index is 10.6. The van der Waals surface area contributed by atoms with E-state index >= 15 is 0 Å². The molecule has 0 spiro atoms. The van der Waals surface area contributed by atoms with Gasteiger partial charge in [0.2, 0.25) is 0 Å². The minimum absolute atomic E-state index is 0. The second kappa shape index (κ2) is 10.7. The van der Waals surface area contributed by atoms with Crippen molar-refractivity contribution in [3.05, 3.63) is 65.6 Å². The van der Waals surface area contributed by atoms with Crippen molar-refractivity contribution in [2.24, 2.45) is 0 Å². The van der Waals surface area contributed by atoms with Gasteiger partial charge in [-0.25, -0.2) is 6.08 Å². The molecule has 21 heavy (non-hydrogen) atoms. The number of hydrogen-bond acceptors (Lipinski definition) is 2. The van der Waals surface area contributed by atoms with E-state index in [0.717, 1.165) is 5.56 Å². The Labute approximate surface area is 167 Å². The molecule has 0 atom stereocenters. The van der Waals surface area contributed by atoms with Gasteiger partial charge < -0.3 is 21.5 Å². The van der Waals surface area contributed by atoms with E-state index < -0.39 is 5.97 Å². The molecule has 104 valence electrons. The molecule has 1 rings (SSSR count). The van der Waals surface area contributed by atoms with Crippen LogP contribution in [0.15, 0.2) is 42.0 Å². The Morgan fingerprint density at radius 3 is 2.67 bits per heavy atom. The zero-order chi connectivity index (χ0) is 15.0. The van der Waals surface area contributed by atoms with E-state index in [2.05, 4.69) is 6.08 Å². The molecule has 0 bridgehead atoms. The summed E-state index contributed by atoms with van der Waals surface area (Å²) < 4.78 is 5.22. The van der Waals surface area contributed by atoms with Crippen molar-refractivity contribution in [3.8, 4) is 5.75 Å². The number of carboxylic acid groups (broad SMARTS) is 1. The van der Waals surface area contributed by atoms with Crippen LogP contribution >= 0.6 is 0 Å². The average molecular weight is 307 g/mol. The van der Waals surface area contributed by atoms with E-state index in [1.165, 1.54) is 12.2 Å². The quantitative estimate of drug-likeness (QED) is 0.331. The van der Waals surface area contributed by atoms with Crippen LogP contribution in [0.1, 0.15) is 12.0 Å². The molecule has 0 unspecified atom stereocenters. The molecule has 5 heteroatoms. The smallest absolute Gasteiger partial charge is 0.878 e. The monoisotopic (exact) mass is 307 g/mol. The molecule has 0 saturated carbocycles. The van der Waals surface area contributed by atoms with Crippen molar-refractivity contribution in [1.29, 1.82) is 0 Å². The van der Waals surface area contributed by atoms with Gasteiger partial charge in [-0.15, -0.1) is 5.57 Å². The predicted octanol–water partition coefficient (Wildman–Crippen LogP) is -0.0837. The van der Waals surface area contributed by atoms with Crippen molar-refractivity contribution in [2.75, 3.05) is 7.11 Å². The summed E-state index contributed by atoms with van der Waals surface area (Å²) in [6.07, 6.45) is 5.95. The van der Waals surface area contributed by atoms with E-state index in [1.807, 2.05) is 18.2 Å². The molecular weight excluding hydrogens is 293 g/mol. The fourth-order valence-corrected chi connectivity index (χ4v) is 1.57. The Hall–Kier alpha value is -0.984. The third-order valence-corrected chi connectivity index (χ3v) is 2.51. The predicted molar refractivity (Wildman–Crippen MR) is 78.3 cm³/mol. The Kier molecular flexibility index (Phi) is 10.2. The number of benzene rings is 1. The van der Waals surface area contributed by atoms with E-state index in [4.69, 9.17) is 21.8 Å². The largest absolute Gasteiger partial charge is 1.00 e. The molecule has 1 N–H and O–H groups in total. The zero-order valence-electron chi connectivity index (χ0n) is 12.0. The molecule has 4 nitrogen and oxygen atoms in total. The van der Waals surface area contributed by atoms with Gasteiger partial charge in [-0.3, -0.25) is 11.4 Å². The first-order chi connectivity index (χ1) is 9.62. The van der Waals surface area contributed by atoms with Gasteiger partial charge in [-0.05, 0) is 11.6 Å². The number of hydrogen-bond donors (Lipinski definition) is 1. The van der Waals surface area contributed by atoms with Crippen LogP contribution in [0, 0.1) is 12.7 Å². The van der Waals surface area contributed by atoms with Gasteiger partial charge in [0, 0.05) is 6.42 Å². The molecule has 1 aromatic rings. The van der Waals surface area contributed by atoms with Gasteiger partial charge in [0.05, 0.1) is 7.11 Å². The average Bonchev–Trinajstić information content (AvgIpc) is 2.46. The fraction of sp³-hybridized carbons (Fsp3) is 0.125. The summed E-state index contributed by atoms with van der Waals surface area (Å²) in [5.74, 6) is -0.420. The number of carboxylic acids is 1. The van der Waals surface area contributed by atoms with E-state index in [9.17, 15) is 4.79 Å². The topological polar surface area (TPSA) is 68.8 Å². The number of allylic oxidation sites excluding steroid dienone is 4. The molecule has 0 amide bonds. The summed E-state index contributed by atoms with van der Waals surface area (Å²) in [5, 5.41) is 17.6. The van der Waals surface area contributed by atoms with Gasteiger partial charge >= 0.3 is 57.4 Å². The van der Waals surface area contributed by atoms with Crippen LogP contribution in [0.5, 0.6) is 5.75 Å². The molecule has 0 aliphatic carbocycles. The minimum Gasteiger partial charge on any atom is -0.878 e.